The Morgan fingerprint density at radius 3 is 2.80 bits per heavy atom. The molecule has 0 aliphatic heterocycles. The van der Waals surface area contributed by atoms with Crippen LogP contribution in [0.3, 0.4) is 0 Å². The maximum absolute atomic E-state index is 5.62. The minimum absolute atomic E-state index is 0.764. The lowest BCUT2D eigenvalue weighted by Crippen LogP contribution is -1.99. The van der Waals surface area contributed by atoms with Crippen molar-refractivity contribution in [1.82, 2.24) is 4.98 Å². The van der Waals surface area contributed by atoms with Gasteiger partial charge in [-0.15, -0.1) is 11.3 Å². The van der Waals surface area contributed by atoms with Crippen LogP contribution in [0.25, 0.3) is 21.5 Å². The van der Waals surface area contributed by atoms with Crippen molar-refractivity contribution < 1.29 is 0 Å². The van der Waals surface area contributed by atoms with Gasteiger partial charge < -0.3 is 10.7 Å². The molecule has 0 bridgehead atoms. The number of nitrogens with two attached hydrogens (primary N) is 1. The van der Waals surface area contributed by atoms with Crippen molar-refractivity contribution in [2.75, 3.05) is 6.54 Å². The van der Waals surface area contributed by atoms with Gasteiger partial charge in [0.25, 0.3) is 0 Å². The molecular formula is C16H17BrN2S. The van der Waals surface area contributed by atoms with Gasteiger partial charge in [0.05, 0.1) is 16.1 Å². The second-order valence-corrected chi connectivity index (χ2v) is 6.67. The van der Waals surface area contributed by atoms with Gasteiger partial charge in [0, 0.05) is 9.86 Å². The van der Waals surface area contributed by atoms with E-state index in [1.165, 1.54) is 27.0 Å². The van der Waals surface area contributed by atoms with Crippen LogP contribution in [0.2, 0.25) is 0 Å². The van der Waals surface area contributed by atoms with Gasteiger partial charge in [0.15, 0.2) is 0 Å². The Bertz CT molecular complexity index is 701. The number of H-pyrrole nitrogens is 1. The first-order valence-electron chi connectivity index (χ1n) is 6.84. The summed E-state index contributed by atoms with van der Waals surface area (Å²) in [7, 11) is 0. The van der Waals surface area contributed by atoms with Gasteiger partial charge >= 0.3 is 0 Å². The number of nitrogens with one attached hydrogen (secondary N) is 1. The van der Waals surface area contributed by atoms with Gasteiger partial charge in [-0.25, -0.2) is 0 Å². The second-order valence-electron chi connectivity index (χ2n) is 4.86. The Morgan fingerprint density at radius 2 is 2.05 bits per heavy atom. The largest absolute Gasteiger partial charge is 0.353 e. The molecule has 0 amide bonds. The molecule has 0 spiro atoms. The fourth-order valence-corrected chi connectivity index (χ4v) is 3.79. The summed E-state index contributed by atoms with van der Waals surface area (Å²) in [5.41, 5.74) is 9.49. The van der Waals surface area contributed by atoms with Crippen molar-refractivity contribution in [3.8, 4) is 10.6 Å². The summed E-state index contributed by atoms with van der Waals surface area (Å²) in [4.78, 5) is 4.90. The first-order valence-corrected chi connectivity index (χ1v) is 8.51. The van der Waals surface area contributed by atoms with Gasteiger partial charge in [-0.3, -0.25) is 0 Å². The smallest absolute Gasteiger partial charge is 0.0606 e. The molecule has 3 rings (SSSR count). The number of unbranched alkanes of at least 4 members (excludes halogenated alkanes) is 1. The highest BCUT2D eigenvalue weighted by atomic mass is 79.9. The molecule has 3 N–H and O–H groups in total. The van der Waals surface area contributed by atoms with Crippen molar-refractivity contribution in [3.63, 3.8) is 0 Å². The average Bonchev–Trinajstić information content (AvgIpc) is 3.07. The van der Waals surface area contributed by atoms with Gasteiger partial charge in [-0.1, -0.05) is 18.2 Å². The van der Waals surface area contributed by atoms with E-state index in [0.29, 0.717) is 0 Å². The molecule has 0 radical (unpaired) electrons. The molecule has 20 heavy (non-hydrogen) atoms. The Morgan fingerprint density at radius 1 is 1.15 bits per heavy atom. The van der Waals surface area contributed by atoms with Crippen LogP contribution in [0, 0.1) is 0 Å². The highest BCUT2D eigenvalue weighted by molar-refractivity contribution is 9.10. The van der Waals surface area contributed by atoms with E-state index in [1.54, 1.807) is 11.3 Å². The van der Waals surface area contributed by atoms with Crippen LogP contribution in [0.4, 0.5) is 0 Å². The number of thiophene rings is 1. The second kappa shape index (κ2) is 6.12. The van der Waals surface area contributed by atoms with Gasteiger partial charge in [0.2, 0.25) is 0 Å². The van der Waals surface area contributed by atoms with Gasteiger partial charge in [0.1, 0.15) is 0 Å². The molecule has 2 aromatic heterocycles. The standard InChI is InChI=1S/C16H17BrN2S/c17-13-7-3-6-11-12(5-1-2-9-18)16(19-15(11)13)14-8-4-10-20-14/h3-4,6-8,10,19H,1-2,5,9,18H2. The molecule has 2 nitrogen and oxygen atoms in total. The highest BCUT2D eigenvalue weighted by Gasteiger charge is 2.14. The zero-order chi connectivity index (χ0) is 13.9. The summed E-state index contributed by atoms with van der Waals surface area (Å²) in [6.45, 7) is 0.764. The van der Waals surface area contributed by atoms with Crippen LogP contribution in [0.5, 0.6) is 0 Å². The molecule has 0 aliphatic rings. The van der Waals surface area contributed by atoms with E-state index in [-0.39, 0.29) is 0 Å². The maximum atomic E-state index is 5.62. The zero-order valence-corrected chi connectivity index (χ0v) is 13.6. The van der Waals surface area contributed by atoms with Crippen LogP contribution in [-0.4, -0.2) is 11.5 Å². The molecule has 0 saturated carbocycles. The first-order chi connectivity index (χ1) is 9.81. The Kier molecular flexibility index (Phi) is 4.24. The van der Waals surface area contributed by atoms with E-state index in [1.807, 2.05) is 0 Å². The molecule has 4 heteroatoms. The van der Waals surface area contributed by atoms with Crippen LogP contribution in [0.1, 0.15) is 18.4 Å². The molecule has 104 valence electrons. The number of hydrogen-bond acceptors (Lipinski definition) is 2. The highest BCUT2D eigenvalue weighted by Crippen LogP contribution is 2.36. The monoisotopic (exact) mass is 348 g/mol. The summed E-state index contributed by atoms with van der Waals surface area (Å²) >= 11 is 5.42. The summed E-state index contributed by atoms with van der Waals surface area (Å²) in [6, 6.07) is 10.7. The van der Waals surface area contributed by atoms with Crippen molar-refractivity contribution in [3.05, 3.63) is 45.7 Å². The SMILES string of the molecule is NCCCCc1c(-c2cccs2)[nH]c2c(Br)cccc12. The van der Waals surface area contributed by atoms with Crippen molar-refractivity contribution in [2.45, 2.75) is 19.3 Å². The predicted molar refractivity (Wildman–Crippen MR) is 91.3 cm³/mol. The third-order valence-electron chi connectivity index (χ3n) is 3.54. The maximum Gasteiger partial charge on any atom is 0.0606 e. The normalized spacial score (nSPS) is 11.3. The summed E-state index contributed by atoms with van der Waals surface area (Å²) < 4.78 is 1.12. The lowest BCUT2D eigenvalue weighted by atomic mass is 10.0. The van der Waals surface area contributed by atoms with E-state index < -0.39 is 0 Å². The van der Waals surface area contributed by atoms with Crippen molar-refractivity contribution >= 4 is 38.2 Å². The fourth-order valence-electron chi connectivity index (χ4n) is 2.57. The van der Waals surface area contributed by atoms with Crippen LogP contribution >= 0.6 is 27.3 Å². The number of benzene rings is 1. The fraction of sp³-hybridized carbons (Fsp3) is 0.250. The van der Waals surface area contributed by atoms with Crippen LogP contribution in [0.15, 0.2) is 40.2 Å². The Balaban J connectivity index is 2.12. The zero-order valence-electron chi connectivity index (χ0n) is 11.2. The molecule has 0 atom stereocenters. The van der Waals surface area contributed by atoms with Crippen molar-refractivity contribution in [2.24, 2.45) is 5.73 Å². The third-order valence-corrected chi connectivity index (χ3v) is 5.09. The topological polar surface area (TPSA) is 41.8 Å². The number of fused-ring (bicyclic) bond motifs is 1. The summed E-state index contributed by atoms with van der Waals surface area (Å²) in [5, 5.41) is 3.44. The molecule has 3 aromatic rings. The van der Waals surface area contributed by atoms with Gasteiger partial charge in [-0.2, -0.15) is 0 Å². The number of para-hydroxylation sites is 1. The molecular weight excluding hydrogens is 332 g/mol. The quantitative estimate of drug-likeness (QED) is 0.630. The number of aromatic nitrogens is 1. The summed E-state index contributed by atoms with van der Waals surface area (Å²) in [5.74, 6) is 0. The number of aromatic amines is 1. The van der Waals surface area contributed by atoms with Crippen LogP contribution in [-0.2, 0) is 6.42 Å². The van der Waals surface area contributed by atoms with E-state index >= 15 is 0 Å². The van der Waals surface area contributed by atoms with Gasteiger partial charge in [-0.05, 0) is 64.8 Å². The van der Waals surface area contributed by atoms with Crippen LogP contribution < -0.4 is 5.73 Å². The van der Waals surface area contributed by atoms with Crippen molar-refractivity contribution in [1.29, 1.82) is 0 Å². The summed E-state index contributed by atoms with van der Waals surface area (Å²) in [6.07, 6.45) is 3.28. The molecule has 0 aliphatic carbocycles. The Labute approximate surface area is 131 Å². The third kappa shape index (κ3) is 2.55. The lowest BCUT2D eigenvalue weighted by Gasteiger charge is -2.03. The molecule has 2 heterocycles. The first kappa shape index (κ1) is 13.9. The number of aryl methyl sites for hydroxylation is 1. The van der Waals surface area contributed by atoms with E-state index in [0.717, 1.165) is 30.3 Å². The molecule has 0 saturated heterocycles. The molecule has 1 aromatic carbocycles. The minimum atomic E-state index is 0.764. The Hall–Kier alpha value is -1.10. The number of rotatable bonds is 5. The minimum Gasteiger partial charge on any atom is -0.353 e. The van der Waals surface area contributed by atoms with E-state index in [9.17, 15) is 0 Å². The average molecular weight is 349 g/mol. The number of halogens is 1. The lowest BCUT2D eigenvalue weighted by molar-refractivity contribution is 0.748. The van der Waals surface area contributed by atoms with E-state index in [4.69, 9.17) is 5.73 Å². The molecule has 0 fully saturated rings. The number of hydrogen-bond donors (Lipinski definition) is 2. The predicted octanol–water partition coefficient (Wildman–Crippen LogP) is 4.94. The molecule has 0 unspecified atom stereocenters. The van der Waals surface area contributed by atoms with E-state index in [2.05, 4.69) is 56.6 Å².